The number of methoxy groups -OCH3 is 2. The summed E-state index contributed by atoms with van der Waals surface area (Å²) in [5.41, 5.74) is 4.92. The highest BCUT2D eigenvalue weighted by Crippen LogP contribution is 2.02. The first kappa shape index (κ1) is 10.9. The minimum absolute atomic E-state index is 0.0333. The fourth-order valence-electron chi connectivity index (χ4n) is 0.732. The Morgan fingerprint density at radius 1 is 1.33 bits per heavy atom. The van der Waals surface area contributed by atoms with E-state index in [-0.39, 0.29) is 12.8 Å². The van der Waals surface area contributed by atoms with Crippen molar-refractivity contribution >= 4 is 11.9 Å². The first-order valence-electron chi connectivity index (χ1n) is 3.48. The predicted octanol–water partition coefficient (Wildman–Crippen LogP) is -0.560. The van der Waals surface area contributed by atoms with Gasteiger partial charge in [0.2, 0.25) is 5.91 Å². The molecule has 12 heavy (non-hydrogen) atoms. The highest BCUT2D eigenvalue weighted by molar-refractivity contribution is 5.76. The largest absolute Gasteiger partial charge is 0.469 e. The molecule has 0 unspecified atom stereocenters. The molecule has 0 heterocycles. The van der Waals surface area contributed by atoms with Crippen LogP contribution in [0.4, 0.5) is 0 Å². The summed E-state index contributed by atoms with van der Waals surface area (Å²) in [4.78, 5) is 21.1. The first-order chi connectivity index (χ1) is 5.60. The van der Waals surface area contributed by atoms with Gasteiger partial charge in [-0.3, -0.25) is 9.59 Å². The van der Waals surface area contributed by atoms with Crippen LogP contribution in [-0.2, 0) is 19.1 Å². The van der Waals surface area contributed by atoms with Gasteiger partial charge in [0, 0.05) is 7.11 Å². The van der Waals surface area contributed by atoms with Gasteiger partial charge in [0.05, 0.1) is 26.1 Å². The lowest BCUT2D eigenvalue weighted by molar-refractivity contribution is -0.143. The van der Waals surface area contributed by atoms with E-state index in [2.05, 4.69) is 4.74 Å². The van der Waals surface area contributed by atoms with Gasteiger partial charge in [-0.05, 0) is 0 Å². The Labute approximate surface area is 70.8 Å². The molecular weight excluding hydrogens is 162 g/mol. The maximum Gasteiger partial charge on any atom is 0.308 e. The monoisotopic (exact) mass is 175 g/mol. The first-order valence-corrected chi connectivity index (χ1v) is 3.48. The molecule has 1 amide bonds. The SMILES string of the molecule is COC(=O)C[C@H](CC(N)=O)OC. The van der Waals surface area contributed by atoms with Crippen LogP contribution in [0.15, 0.2) is 0 Å². The Morgan fingerprint density at radius 3 is 2.25 bits per heavy atom. The molecule has 0 aliphatic rings. The number of hydrogen-bond acceptors (Lipinski definition) is 4. The number of nitrogens with two attached hydrogens (primary N) is 1. The summed E-state index contributed by atoms with van der Waals surface area (Å²) in [5.74, 6) is -0.908. The molecule has 2 N–H and O–H groups in total. The zero-order valence-electron chi connectivity index (χ0n) is 7.20. The van der Waals surface area contributed by atoms with E-state index in [9.17, 15) is 9.59 Å². The lowest BCUT2D eigenvalue weighted by Crippen LogP contribution is -2.24. The van der Waals surface area contributed by atoms with E-state index in [0.29, 0.717) is 0 Å². The molecule has 5 heteroatoms. The predicted molar refractivity (Wildman–Crippen MR) is 41.2 cm³/mol. The van der Waals surface area contributed by atoms with Crippen LogP contribution in [0.5, 0.6) is 0 Å². The van der Waals surface area contributed by atoms with Crippen molar-refractivity contribution < 1.29 is 19.1 Å². The number of carbonyl (C=O) groups excluding carboxylic acids is 2. The van der Waals surface area contributed by atoms with Gasteiger partial charge in [-0.25, -0.2) is 0 Å². The Hall–Kier alpha value is -1.10. The molecule has 0 aromatic carbocycles. The van der Waals surface area contributed by atoms with Gasteiger partial charge in [0.25, 0.3) is 0 Å². The standard InChI is InChI=1S/C7H13NO4/c1-11-5(3-6(8)9)4-7(10)12-2/h5H,3-4H2,1-2H3,(H2,8,9)/t5-/m0/s1. The van der Waals surface area contributed by atoms with E-state index >= 15 is 0 Å². The quantitative estimate of drug-likeness (QED) is 0.568. The van der Waals surface area contributed by atoms with Crippen LogP contribution in [0.25, 0.3) is 0 Å². The molecule has 0 aliphatic carbocycles. The summed E-state index contributed by atoms with van der Waals surface area (Å²) in [6, 6.07) is 0. The minimum atomic E-state index is -0.495. The number of amides is 1. The molecule has 0 aromatic heterocycles. The summed E-state index contributed by atoms with van der Waals surface area (Å²) >= 11 is 0. The molecule has 0 bridgehead atoms. The van der Waals surface area contributed by atoms with Crippen molar-refractivity contribution in [3.8, 4) is 0 Å². The van der Waals surface area contributed by atoms with Crippen molar-refractivity contribution in [1.29, 1.82) is 0 Å². The van der Waals surface area contributed by atoms with Gasteiger partial charge in [0.15, 0.2) is 0 Å². The molecule has 1 atom stereocenters. The molecular formula is C7H13NO4. The second-order valence-corrected chi connectivity index (χ2v) is 2.31. The van der Waals surface area contributed by atoms with Crippen molar-refractivity contribution in [2.24, 2.45) is 5.73 Å². The van der Waals surface area contributed by atoms with Crippen LogP contribution in [0, 0.1) is 0 Å². The summed E-state index contributed by atoms with van der Waals surface area (Å²) in [6.07, 6.45) is -0.392. The van der Waals surface area contributed by atoms with Crippen molar-refractivity contribution in [2.45, 2.75) is 18.9 Å². The molecule has 5 nitrogen and oxygen atoms in total. The topological polar surface area (TPSA) is 78.6 Å². The third-order valence-corrected chi connectivity index (χ3v) is 1.38. The fraction of sp³-hybridized carbons (Fsp3) is 0.714. The van der Waals surface area contributed by atoms with Crippen LogP contribution >= 0.6 is 0 Å². The Balaban J connectivity index is 3.82. The molecule has 0 saturated heterocycles. The third kappa shape index (κ3) is 4.68. The van der Waals surface area contributed by atoms with Crippen LogP contribution in [0.3, 0.4) is 0 Å². The van der Waals surface area contributed by atoms with Gasteiger partial charge >= 0.3 is 5.97 Å². The van der Waals surface area contributed by atoms with Crippen molar-refractivity contribution in [1.82, 2.24) is 0 Å². The van der Waals surface area contributed by atoms with Gasteiger partial charge < -0.3 is 15.2 Å². The summed E-state index contributed by atoms with van der Waals surface area (Å²) < 4.78 is 9.22. The summed E-state index contributed by atoms with van der Waals surface area (Å²) in [6.45, 7) is 0. The van der Waals surface area contributed by atoms with Gasteiger partial charge in [-0.2, -0.15) is 0 Å². The lowest BCUT2D eigenvalue weighted by Gasteiger charge is -2.10. The molecule has 0 rings (SSSR count). The zero-order chi connectivity index (χ0) is 9.56. The van der Waals surface area contributed by atoms with Crippen molar-refractivity contribution in [3.63, 3.8) is 0 Å². The van der Waals surface area contributed by atoms with E-state index in [1.807, 2.05) is 0 Å². The molecule has 0 radical (unpaired) electrons. The van der Waals surface area contributed by atoms with E-state index in [1.165, 1.54) is 14.2 Å². The van der Waals surface area contributed by atoms with Crippen LogP contribution in [0.1, 0.15) is 12.8 Å². The second kappa shape index (κ2) is 5.54. The van der Waals surface area contributed by atoms with Crippen LogP contribution < -0.4 is 5.73 Å². The van der Waals surface area contributed by atoms with E-state index in [1.54, 1.807) is 0 Å². The van der Waals surface area contributed by atoms with Gasteiger partial charge in [-0.1, -0.05) is 0 Å². The molecule has 0 aromatic rings. The number of ether oxygens (including phenoxy) is 2. The normalized spacial score (nSPS) is 12.2. The third-order valence-electron chi connectivity index (χ3n) is 1.38. The maximum atomic E-state index is 10.7. The molecule has 0 spiro atoms. The fourth-order valence-corrected chi connectivity index (χ4v) is 0.732. The maximum absolute atomic E-state index is 10.7. The highest BCUT2D eigenvalue weighted by atomic mass is 16.5. The smallest absolute Gasteiger partial charge is 0.308 e. The Morgan fingerprint density at radius 2 is 1.92 bits per heavy atom. The van der Waals surface area contributed by atoms with Crippen molar-refractivity contribution in [2.75, 3.05) is 14.2 Å². The summed E-state index contributed by atoms with van der Waals surface area (Å²) in [5, 5.41) is 0. The Kier molecular flexibility index (Phi) is 5.03. The molecule has 0 aliphatic heterocycles. The van der Waals surface area contributed by atoms with Crippen LogP contribution in [-0.4, -0.2) is 32.2 Å². The number of primary amides is 1. The van der Waals surface area contributed by atoms with Crippen molar-refractivity contribution in [3.05, 3.63) is 0 Å². The van der Waals surface area contributed by atoms with E-state index in [4.69, 9.17) is 10.5 Å². The Bertz CT molecular complexity index is 169. The molecule has 0 saturated carbocycles. The zero-order valence-corrected chi connectivity index (χ0v) is 7.20. The number of esters is 1. The number of rotatable bonds is 5. The number of hydrogen-bond donors (Lipinski definition) is 1. The molecule has 0 fully saturated rings. The highest BCUT2D eigenvalue weighted by Gasteiger charge is 2.15. The van der Waals surface area contributed by atoms with Gasteiger partial charge in [0.1, 0.15) is 0 Å². The number of carbonyl (C=O) groups is 2. The van der Waals surface area contributed by atoms with Gasteiger partial charge in [-0.15, -0.1) is 0 Å². The van der Waals surface area contributed by atoms with E-state index in [0.717, 1.165) is 0 Å². The second-order valence-electron chi connectivity index (χ2n) is 2.31. The minimum Gasteiger partial charge on any atom is -0.469 e. The average Bonchev–Trinajstić information content (AvgIpc) is 2.02. The van der Waals surface area contributed by atoms with E-state index < -0.39 is 18.0 Å². The average molecular weight is 175 g/mol. The summed E-state index contributed by atoms with van der Waals surface area (Å²) in [7, 11) is 2.69. The molecule has 70 valence electrons. The van der Waals surface area contributed by atoms with Crippen LogP contribution in [0.2, 0.25) is 0 Å². The lowest BCUT2D eigenvalue weighted by atomic mass is 10.2.